The normalized spacial score (nSPS) is 26.3. The fourth-order valence-corrected chi connectivity index (χ4v) is 4.71. The molecule has 0 bridgehead atoms. The van der Waals surface area contributed by atoms with Crippen LogP contribution in [0.3, 0.4) is 0 Å². The van der Waals surface area contributed by atoms with E-state index in [1.807, 2.05) is 19.9 Å². The second-order valence-electron chi connectivity index (χ2n) is 8.92. The predicted molar refractivity (Wildman–Crippen MR) is 117 cm³/mol. The Morgan fingerprint density at radius 2 is 1.82 bits per heavy atom. The Labute approximate surface area is 194 Å². The van der Waals surface area contributed by atoms with Crippen molar-refractivity contribution in [3.63, 3.8) is 0 Å². The number of aliphatic hydroxyl groups is 3. The first-order chi connectivity index (χ1) is 16.0. The van der Waals surface area contributed by atoms with E-state index in [2.05, 4.69) is 25.6 Å². The molecule has 0 spiro atoms. The number of aromatic nitrogens is 3. The monoisotopic (exact) mass is 483 g/mol. The van der Waals surface area contributed by atoms with Gasteiger partial charge in [-0.15, -0.1) is 0 Å². The first-order valence-electron chi connectivity index (χ1n) is 11.0. The molecular weight excluding hydrogens is 455 g/mol. The molecule has 1 saturated carbocycles. The summed E-state index contributed by atoms with van der Waals surface area (Å²) < 4.78 is 44.4. The van der Waals surface area contributed by atoms with Crippen molar-refractivity contribution < 1.29 is 33.2 Å². The number of nitrogens with one attached hydrogen (secondary N) is 2. The van der Waals surface area contributed by atoms with Gasteiger partial charge in [-0.05, 0) is 33.3 Å². The minimum atomic E-state index is -4.46. The van der Waals surface area contributed by atoms with E-state index in [0.29, 0.717) is 23.4 Å². The van der Waals surface area contributed by atoms with Crippen LogP contribution in [-0.4, -0.2) is 67.8 Å². The van der Waals surface area contributed by atoms with Crippen LogP contribution in [0.4, 0.5) is 24.9 Å². The van der Waals surface area contributed by atoms with Crippen LogP contribution in [0, 0.1) is 26.7 Å². The molecule has 9 nitrogen and oxygen atoms in total. The van der Waals surface area contributed by atoms with Crippen molar-refractivity contribution >= 4 is 11.8 Å². The molecule has 1 aliphatic heterocycles. The number of alkyl halides is 3. The van der Waals surface area contributed by atoms with E-state index in [4.69, 9.17) is 4.74 Å². The van der Waals surface area contributed by atoms with E-state index >= 15 is 0 Å². The highest BCUT2D eigenvalue weighted by atomic mass is 19.4. The molecule has 2 aromatic rings. The van der Waals surface area contributed by atoms with E-state index in [0.717, 1.165) is 17.0 Å². The summed E-state index contributed by atoms with van der Waals surface area (Å²) in [4.78, 5) is 12.9. The standard InChI is InChI=1S/C22H28F3N5O4/c1-9-4-12-6-15(34-19(12)11(3)27-9)16-10(2)28-21(26-8-22(23,24)25)30-20(16)29-14-5-13(7-31)17(32)18(14)33/h4,13-15,17-18,31-33H,5-8H2,1-3H3,(H2,26,28,29,30). The van der Waals surface area contributed by atoms with Crippen molar-refractivity contribution in [2.45, 2.75) is 64.1 Å². The highest BCUT2D eigenvalue weighted by molar-refractivity contribution is 5.55. The molecule has 34 heavy (non-hydrogen) atoms. The molecule has 12 heteroatoms. The average Bonchev–Trinajstić information content (AvgIpc) is 3.28. The quantitative estimate of drug-likeness (QED) is 0.418. The zero-order chi connectivity index (χ0) is 24.8. The summed E-state index contributed by atoms with van der Waals surface area (Å²) in [6.45, 7) is 3.76. The van der Waals surface area contributed by atoms with Gasteiger partial charge in [0, 0.05) is 30.2 Å². The fourth-order valence-electron chi connectivity index (χ4n) is 4.71. The molecule has 186 valence electrons. The van der Waals surface area contributed by atoms with E-state index in [9.17, 15) is 28.5 Å². The number of aryl methyl sites for hydroxylation is 3. The van der Waals surface area contributed by atoms with Gasteiger partial charge in [0.05, 0.1) is 29.1 Å². The van der Waals surface area contributed by atoms with Gasteiger partial charge in [0.25, 0.3) is 0 Å². The zero-order valence-corrected chi connectivity index (χ0v) is 19.0. The molecule has 0 aromatic carbocycles. The van der Waals surface area contributed by atoms with Crippen LogP contribution in [0.2, 0.25) is 0 Å². The summed E-state index contributed by atoms with van der Waals surface area (Å²) in [6, 6.07) is 1.25. The predicted octanol–water partition coefficient (Wildman–Crippen LogP) is 1.96. The van der Waals surface area contributed by atoms with Crippen molar-refractivity contribution in [3.8, 4) is 5.75 Å². The largest absolute Gasteiger partial charge is 0.483 e. The van der Waals surface area contributed by atoms with Crippen LogP contribution in [0.1, 0.15) is 40.7 Å². The molecule has 0 amide bonds. The SMILES string of the molecule is Cc1cc2c(c(C)n1)OC(c1c(C)nc(NCC(F)(F)F)nc1NC1CC(CO)C(O)C1O)C2. The van der Waals surface area contributed by atoms with Gasteiger partial charge in [-0.2, -0.15) is 18.2 Å². The smallest absolute Gasteiger partial charge is 0.405 e. The number of hydrogen-bond acceptors (Lipinski definition) is 9. The van der Waals surface area contributed by atoms with E-state index in [1.54, 1.807) is 6.92 Å². The summed E-state index contributed by atoms with van der Waals surface area (Å²) in [5.41, 5.74) is 3.48. The molecule has 5 N–H and O–H groups in total. The van der Waals surface area contributed by atoms with Gasteiger partial charge in [-0.3, -0.25) is 4.98 Å². The number of ether oxygens (including phenoxy) is 1. The van der Waals surface area contributed by atoms with Gasteiger partial charge in [0.2, 0.25) is 5.95 Å². The van der Waals surface area contributed by atoms with Gasteiger partial charge >= 0.3 is 6.18 Å². The summed E-state index contributed by atoms with van der Waals surface area (Å²) in [6.07, 6.45) is -6.57. The molecule has 5 unspecified atom stereocenters. The molecule has 1 fully saturated rings. The van der Waals surface area contributed by atoms with Crippen molar-refractivity contribution in [1.82, 2.24) is 15.0 Å². The molecule has 2 aromatic heterocycles. The summed E-state index contributed by atoms with van der Waals surface area (Å²) in [7, 11) is 0. The molecule has 1 aliphatic carbocycles. The van der Waals surface area contributed by atoms with Gasteiger partial charge in [-0.1, -0.05) is 0 Å². The second kappa shape index (κ2) is 9.16. The van der Waals surface area contributed by atoms with Crippen molar-refractivity contribution in [1.29, 1.82) is 0 Å². The van der Waals surface area contributed by atoms with Crippen LogP contribution in [-0.2, 0) is 6.42 Å². The van der Waals surface area contributed by atoms with E-state index in [-0.39, 0.29) is 24.8 Å². The Morgan fingerprint density at radius 1 is 1.09 bits per heavy atom. The first kappa shape index (κ1) is 24.4. The van der Waals surface area contributed by atoms with Crippen LogP contribution in [0.5, 0.6) is 5.75 Å². The Balaban J connectivity index is 1.68. The highest BCUT2D eigenvalue weighted by Crippen LogP contribution is 2.42. The molecule has 5 atom stereocenters. The number of pyridine rings is 1. The lowest BCUT2D eigenvalue weighted by Gasteiger charge is -2.24. The lowest BCUT2D eigenvalue weighted by molar-refractivity contribution is -0.115. The molecule has 3 heterocycles. The van der Waals surface area contributed by atoms with Crippen LogP contribution >= 0.6 is 0 Å². The number of hydrogen-bond donors (Lipinski definition) is 5. The third kappa shape index (κ3) is 4.89. The Morgan fingerprint density at radius 3 is 2.47 bits per heavy atom. The minimum absolute atomic E-state index is 0.201. The third-order valence-electron chi connectivity index (χ3n) is 6.28. The molecule has 0 radical (unpaired) electrons. The number of fused-ring (bicyclic) bond motifs is 1. The van der Waals surface area contributed by atoms with Gasteiger partial charge in [0.1, 0.15) is 30.3 Å². The number of aliphatic hydroxyl groups excluding tert-OH is 3. The summed E-state index contributed by atoms with van der Waals surface area (Å²) >= 11 is 0. The Kier molecular flexibility index (Phi) is 6.58. The maximum Gasteiger partial charge on any atom is 0.405 e. The van der Waals surface area contributed by atoms with E-state index in [1.165, 1.54) is 0 Å². The van der Waals surface area contributed by atoms with Crippen LogP contribution < -0.4 is 15.4 Å². The number of nitrogens with zero attached hydrogens (tertiary/aromatic N) is 3. The lowest BCUT2D eigenvalue weighted by atomic mass is 10.0. The minimum Gasteiger partial charge on any atom is -0.483 e. The maximum absolute atomic E-state index is 12.7. The van der Waals surface area contributed by atoms with Crippen LogP contribution in [0.25, 0.3) is 0 Å². The topological polar surface area (TPSA) is 133 Å². The molecular formula is C22H28F3N5O4. The third-order valence-corrected chi connectivity index (χ3v) is 6.28. The zero-order valence-electron chi connectivity index (χ0n) is 19.0. The maximum atomic E-state index is 12.7. The lowest BCUT2D eigenvalue weighted by Crippen LogP contribution is -2.36. The molecule has 4 rings (SSSR count). The first-order valence-corrected chi connectivity index (χ1v) is 11.0. The number of anilines is 2. The number of rotatable bonds is 6. The molecule has 0 saturated heterocycles. The second-order valence-corrected chi connectivity index (χ2v) is 8.92. The van der Waals surface area contributed by atoms with Gasteiger partial charge < -0.3 is 30.7 Å². The highest BCUT2D eigenvalue weighted by Gasteiger charge is 2.42. The summed E-state index contributed by atoms with van der Waals surface area (Å²) in [5.74, 6) is 0.0893. The van der Waals surface area contributed by atoms with Crippen molar-refractivity contribution in [3.05, 3.63) is 34.3 Å². The number of halogens is 3. The average molecular weight is 483 g/mol. The van der Waals surface area contributed by atoms with Crippen molar-refractivity contribution in [2.24, 2.45) is 5.92 Å². The van der Waals surface area contributed by atoms with E-state index < -0.39 is 43.0 Å². The molecule has 2 aliphatic rings. The summed E-state index contributed by atoms with van der Waals surface area (Å²) in [5, 5.41) is 35.4. The van der Waals surface area contributed by atoms with Crippen molar-refractivity contribution in [2.75, 3.05) is 23.8 Å². The Hall–Kier alpha value is -2.70. The van der Waals surface area contributed by atoms with Gasteiger partial charge in [0.15, 0.2) is 0 Å². The fraction of sp³-hybridized carbons (Fsp3) is 0.591. The van der Waals surface area contributed by atoms with Gasteiger partial charge in [-0.25, -0.2) is 4.98 Å². The Bertz CT molecular complexity index is 1070. The van der Waals surface area contributed by atoms with Crippen LogP contribution in [0.15, 0.2) is 6.07 Å².